The predicted octanol–water partition coefficient (Wildman–Crippen LogP) is 1.66. The highest BCUT2D eigenvalue weighted by atomic mass is 16.5. The van der Waals surface area contributed by atoms with E-state index in [0.29, 0.717) is 48.0 Å². The molecule has 0 saturated heterocycles. The van der Waals surface area contributed by atoms with Crippen LogP contribution in [0.2, 0.25) is 0 Å². The van der Waals surface area contributed by atoms with Gasteiger partial charge in [-0.2, -0.15) is 9.50 Å². The van der Waals surface area contributed by atoms with Crippen molar-refractivity contribution in [2.24, 2.45) is 0 Å². The van der Waals surface area contributed by atoms with Crippen LogP contribution in [-0.4, -0.2) is 43.6 Å². The van der Waals surface area contributed by atoms with E-state index in [0.717, 1.165) is 5.56 Å². The third-order valence-corrected chi connectivity index (χ3v) is 4.63. The fraction of sp³-hybridized carbons (Fsp3) is 0.316. The third kappa shape index (κ3) is 3.04. The minimum atomic E-state index is -0.207. The molecule has 0 saturated carbocycles. The minimum Gasteiger partial charge on any atom is -0.493 e. The molecule has 0 aliphatic rings. The zero-order chi connectivity index (χ0) is 19.7. The van der Waals surface area contributed by atoms with E-state index in [9.17, 15) is 4.79 Å². The molecule has 9 nitrogen and oxygen atoms in total. The van der Waals surface area contributed by atoms with Gasteiger partial charge in [0.05, 0.1) is 14.2 Å². The number of benzene rings is 1. The summed E-state index contributed by atoms with van der Waals surface area (Å²) in [7, 11) is 3.20. The van der Waals surface area contributed by atoms with Crippen molar-refractivity contribution in [3.05, 3.63) is 52.2 Å². The van der Waals surface area contributed by atoms with Gasteiger partial charge in [0.25, 0.3) is 11.3 Å². The summed E-state index contributed by atoms with van der Waals surface area (Å²) in [6.45, 7) is 2.47. The molecule has 144 valence electrons. The molecule has 4 aromatic rings. The van der Waals surface area contributed by atoms with E-state index < -0.39 is 0 Å². The van der Waals surface area contributed by atoms with E-state index >= 15 is 0 Å². The van der Waals surface area contributed by atoms with Gasteiger partial charge >= 0.3 is 0 Å². The summed E-state index contributed by atoms with van der Waals surface area (Å²) in [6, 6.07) is 7.55. The molecular formula is C19H20N6O3. The summed E-state index contributed by atoms with van der Waals surface area (Å²) in [4.78, 5) is 17.1. The molecule has 28 heavy (non-hydrogen) atoms. The van der Waals surface area contributed by atoms with Gasteiger partial charge in [-0.3, -0.25) is 4.79 Å². The first-order valence-corrected chi connectivity index (χ1v) is 8.97. The molecule has 0 spiro atoms. The fourth-order valence-corrected chi connectivity index (χ4v) is 3.10. The molecule has 3 heterocycles. The SMILES string of the molecule is CCc1nc2nnc3c(=O)n(CCc4ccc(OC)c(OC)c4)ccc3n2n1. The normalized spacial score (nSPS) is 11.2. The van der Waals surface area contributed by atoms with Crippen molar-refractivity contribution >= 4 is 16.8 Å². The van der Waals surface area contributed by atoms with Crippen LogP contribution in [0.15, 0.2) is 35.3 Å². The zero-order valence-corrected chi connectivity index (χ0v) is 15.9. The average Bonchev–Trinajstić information content (AvgIpc) is 3.17. The van der Waals surface area contributed by atoms with E-state index in [1.165, 1.54) is 0 Å². The Kier molecular flexibility index (Phi) is 4.64. The Balaban J connectivity index is 1.65. The third-order valence-electron chi connectivity index (χ3n) is 4.63. The summed E-state index contributed by atoms with van der Waals surface area (Å²) in [5, 5.41) is 12.5. The lowest BCUT2D eigenvalue weighted by atomic mass is 10.1. The number of ether oxygens (including phenoxy) is 2. The van der Waals surface area contributed by atoms with Crippen LogP contribution in [0, 0.1) is 0 Å². The second-order valence-corrected chi connectivity index (χ2v) is 6.28. The summed E-state index contributed by atoms with van der Waals surface area (Å²) in [6.07, 6.45) is 3.10. The van der Waals surface area contributed by atoms with Gasteiger partial charge in [-0.05, 0) is 30.2 Å². The second kappa shape index (κ2) is 7.26. The molecule has 0 bridgehead atoms. The van der Waals surface area contributed by atoms with E-state index in [4.69, 9.17) is 9.47 Å². The Morgan fingerprint density at radius 1 is 1.07 bits per heavy atom. The van der Waals surface area contributed by atoms with E-state index in [-0.39, 0.29) is 11.1 Å². The Hall–Kier alpha value is -3.49. The standard InChI is InChI=1S/C19H20N6O3/c1-4-16-20-19-22-21-17-13(25(19)23-16)8-10-24(18(17)26)9-7-12-5-6-14(27-2)15(11-12)28-3/h5-6,8,10-11H,4,7,9H2,1-3H3. The van der Waals surface area contributed by atoms with Crippen LogP contribution in [0.25, 0.3) is 16.8 Å². The molecule has 0 fully saturated rings. The first-order chi connectivity index (χ1) is 13.6. The van der Waals surface area contributed by atoms with E-state index in [1.54, 1.807) is 29.5 Å². The number of methoxy groups -OCH3 is 2. The number of pyridine rings is 1. The maximum Gasteiger partial charge on any atom is 0.280 e. The molecular weight excluding hydrogens is 360 g/mol. The number of fused-ring (bicyclic) bond motifs is 3. The predicted molar refractivity (Wildman–Crippen MR) is 103 cm³/mol. The van der Waals surface area contributed by atoms with Crippen molar-refractivity contribution in [3.63, 3.8) is 0 Å². The van der Waals surface area contributed by atoms with E-state index in [1.807, 2.05) is 31.2 Å². The molecule has 0 aliphatic carbocycles. The van der Waals surface area contributed by atoms with Crippen molar-refractivity contribution < 1.29 is 9.47 Å². The molecule has 0 unspecified atom stereocenters. The first kappa shape index (κ1) is 17.9. The highest BCUT2D eigenvalue weighted by Gasteiger charge is 2.12. The molecule has 0 atom stereocenters. The molecule has 0 N–H and O–H groups in total. The first-order valence-electron chi connectivity index (χ1n) is 8.97. The van der Waals surface area contributed by atoms with Gasteiger partial charge in [0, 0.05) is 19.2 Å². The smallest absolute Gasteiger partial charge is 0.280 e. The Morgan fingerprint density at radius 3 is 2.64 bits per heavy atom. The van der Waals surface area contributed by atoms with Crippen LogP contribution in [0.3, 0.4) is 0 Å². The van der Waals surface area contributed by atoms with Crippen molar-refractivity contribution in [2.45, 2.75) is 26.3 Å². The molecule has 4 rings (SSSR count). The van der Waals surface area contributed by atoms with Crippen LogP contribution in [0.5, 0.6) is 11.5 Å². The van der Waals surface area contributed by atoms with Gasteiger partial charge in [0.15, 0.2) is 22.8 Å². The van der Waals surface area contributed by atoms with Crippen LogP contribution in [0.4, 0.5) is 0 Å². The number of nitrogens with zero attached hydrogens (tertiary/aromatic N) is 6. The lowest BCUT2D eigenvalue weighted by molar-refractivity contribution is 0.354. The summed E-state index contributed by atoms with van der Waals surface area (Å²) >= 11 is 0. The van der Waals surface area contributed by atoms with E-state index in [2.05, 4.69) is 20.3 Å². The average molecular weight is 380 g/mol. The Morgan fingerprint density at radius 2 is 1.89 bits per heavy atom. The molecule has 0 amide bonds. The Labute approximate surface area is 160 Å². The van der Waals surface area contributed by atoms with Gasteiger partial charge in [-0.15, -0.1) is 15.3 Å². The highest BCUT2D eigenvalue weighted by molar-refractivity contribution is 5.74. The molecule has 0 radical (unpaired) electrons. The number of aryl methyl sites for hydroxylation is 3. The summed E-state index contributed by atoms with van der Waals surface area (Å²) in [5.41, 5.74) is 1.70. The highest BCUT2D eigenvalue weighted by Crippen LogP contribution is 2.27. The molecule has 3 aromatic heterocycles. The van der Waals surface area contributed by atoms with Gasteiger partial charge in [0.1, 0.15) is 5.52 Å². The minimum absolute atomic E-state index is 0.207. The van der Waals surface area contributed by atoms with Crippen LogP contribution >= 0.6 is 0 Å². The summed E-state index contributed by atoms with van der Waals surface area (Å²) < 4.78 is 13.8. The van der Waals surface area contributed by atoms with Gasteiger partial charge in [-0.1, -0.05) is 13.0 Å². The van der Waals surface area contributed by atoms with Crippen molar-refractivity contribution in [2.75, 3.05) is 14.2 Å². The maximum atomic E-state index is 12.8. The topological polar surface area (TPSA) is 96.4 Å². The van der Waals surface area contributed by atoms with Crippen molar-refractivity contribution in [3.8, 4) is 11.5 Å². The quantitative estimate of drug-likeness (QED) is 0.502. The maximum absolute atomic E-state index is 12.8. The number of hydrogen-bond acceptors (Lipinski definition) is 7. The van der Waals surface area contributed by atoms with Crippen LogP contribution in [-0.2, 0) is 19.4 Å². The number of aromatic nitrogens is 6. The molecule has 9 heteroatoms. The lowest BCUT2D eigenvalue weighted by Crippen LogP contribution is -2.22. The molecule has 0 aliphatic heterocycles. The lowest BCUT2D eigenvalue weighted by Gasteiger charge is -2.10. The van der Waals surface area contributed by atoms with Crippen molar-refractivity contribution in [1.29, 1.82) is 0 Å². The molecule has 1 aromatic carbocycles. The van der Waals surface area contributed by atoms with Crippen LogP contribution in [0.1, 0.15) is 18.3 Å². The Bertz CT molecular complexity index is 1210. The summed E-state index contributed by atoms with van der Waals surface area (Å²) in [5.74, 6) is 2.40. The van der Waals surface area contributed by atoms with Crippen LogP contribution < -0.4 is 15.0 Å². The fourth-order valence-electron chi connectivity index (χ4n) is 3.10. The van der Waals surface area contributed by atoms with Crippen molar-refractivity contribution in [1.82, 2.24) is 29.4 Å². The number of hydrogen-bond donors (Lipinski definition) is 0. The second-order valence-electron chi connectivity index (χ2n) is 6.28. The number of rotatable bonds is 6. The van der Waals surface area contributed by atoms with Gasteiger partial charge < -0.3 is 14.0 Å². The largest absolute Gasteiger partial charge is 0.493 e. The monoisotopic (exact) mass is 380 g/mol. The zero-order valence-electron chi connectivity index (χ0n) is 15.9. The van der Waals surface area contributed by atoms with Gasteiger partial charge in [0.2, 0.25) is 0 Å². The van der Waals surface area contributed by atoms with Gasteiger partial charge in [-0.25, -0.2) is 0 Å².